The van der Waals surface area contributed by atoms with E-state index in [-0.39, 0.29) is 6.61 Å². The van der Waals surface area contributed by atoms with Gasteiger partial charge in [-0.05, 0) is 38.3 Å². The van der Waals surface area contributed by atoms with Crippen LogP contribution in [-0.2, 0) is 0 Å². The van der Waals surface area contributed by atoms with Gasteiger partial charge in [-0.3, -0.25) is 0 Å². The molecule has 0 aliphatic rings. The van der Waals surface area contributed by atoms with Crippen molar-refractivity contribution in [1.29, 1.82) is 0 Å². The van der Waals surface area contributed by atoms with E-state index < -0.39 is 0 Å². The maximum atomic E-state index is 8.87. The lowest BCUT2D eigenvalue weighted by atomic mass is 10.1. The van der Waals surface area contributed by atoms with Crippen molar-refractivity contribution in [3.63, 3.8) is 0 Å². The van der Waals surface area contributed by atoms with Crippen molar-refractivity contribution in [3.8, 4) is 0 Å². The summed E-state index contributed by atoms with van der Waals surface area (Å²) in [6, 6.07) is 0. The molecule has 0 aromatic heterocycles. The standard InChI is InChI=1S/C11H21NO/c1-4-7-11(12-6-3)10(5-2)8-9-13/h4,7,12-13H,5-6,8-9H2,1-3H3/b7-4-,11-10-. The zero-order valence-electron chi connectivity index (χ0n) is 8.93. The molecular weight excluding hydrogens is 162 g/mol. The minimum atomic E-state index is 0.232. The van der Waals surface area contributed by atoms with Crippen LogP contribution in [0.5, 0.6) is 0 Å². The van der Waals surface area contributed by atoms with Gasteiger partial charge in [0.05, 0.1) is 0 Å². The molecular formula is C11H21NO. The van der Waals surface area contributed by atoms with Crippen molar-refractivity contribution < 1.29 is 5.11 Å². The molecule has 2 nitrogen and oxygen atoms in total. The first-order chi connectivity index (χ1) is 6.29. The Balaban J connectivity index is 4.54. The maximum Gasteiger partial charge on any atom is 0.0469 e. The third-order valence-electron chi connectivity index (χ3n) is 1.92. The molecule has 0 saturated carbocycles. The van der Waals surface area contributed by atoms with Gasteiger partial charge in [0.15, 0.2) is 0 Å². The Kier molecular flexibility index (Phi) is 7.41. The molecule has 0 heterocycles. The van der Waals surface area contributed by atoms with Gasteiger partial charge in [-0.15, -0.1) is 0 Å². The Labute approximate surface area is 81.4 Å². The SMILES string of the molecule is C/C=C\C(NCC)=C(/CC)CCO. The molecule has 0 bridgehead atoms. The number of nitrogens with one attached hydrogen (secondary N) is 1. The average Bonchev–Trinajstić information content (AvgIpc) is 2.14. The molecule has 0 rings (SSSR count). The molecule has 0 saturated heterocycles. The average molecular weight is 183 g/mol. The summed E-state index contributed by atoms with van der Waals surface area (Å²) in [5.74, 6) is 0. The fourth-order valence-electron chi connectivity index (χ4n) is 1.30. The summed E-state index contributed by atoms with van der Waals surface area (Å²) in [7, 11) is 0. The van der Waals surface area contributed by atoms with Crippen LogP contribution in [0.15, 0.2) is 23.4 Å². The van der Waals surface area contributed by atoms with Crippen LogP contribution in [0.4, 0.5) is 0 Å². The maximum absolute atomic E-state index is 8.87. The van der Waals surface area contributed by atoms with E-state index in [2.05, 4.69) is 25.2 Å². The van der Waals surface area contributed by atoms with Crippen LogP contribution in [0.1, 0.15) is 33.6 Å². The number of rotatable bonds is 6. The van der Waals surface area contributed by atoms with Gasteiger partial charge in [-0.25, -0.2) is 0 Å². The highest BCUT2D eigenvalue weighted by Gasteiger charge is 2.00. The Hall–Kier alpha value is -0.760. The summed E-state index contributed by atoms with van der Waals surface area (Å²) in [6.07, 6.45) is 5.85. The summed E-state index contributed by atoms with van der Waals surface area (Å²) in [5, 5.41) is 12.2. The van der Waals surface area contributed by atoms with Crippen LogP contribution < -0.4 is 5.32 Å². The lowest BCUT2D eigenvalue weighted by Crippen LogP contribution is -2.13. The van der Waals surface area contributed by atoms with Gasteiger partial charge < -0.3 is 10.4 Å². The highest BCUT2D eigenvalue weighted by Crippen LogP contribution is 2.11. The minimum absolute atomic E-state index is 0.232. The second-order valence-electron chi connectivity index (χ2n) is 2.87. The Bertz CT molecular complexity index is 183. The van der Waals surface area contributed by atoms with Gasteiger partial charge in [-0.1, -0.05) is 13.0 Å². The molecule has 76 valence electrons. The molecule has 0 amide bonds. The Morgan fingerprint density at radius 2 is 2.08 bits per heavy atom. The lowest BCUT2D eigenvalue weighted by Gasteiger charge is -2.11. The number of aliphatic hydroxyl groups is 1. The smallest absolute Gasteiger partial charge is 0.0469 e. The molecule has 2 N–H and O–H groups in total. The van der Waals surface area contributed by atoms with Gasteiger partial charge in [0.1, 0.15) is 0 Å². The molecule has 0 aliphatic heterocycles. The quantitative estimate of drug-likeness (QED) is 0.619. The summed E-state index contributed by atoms with van der Waals surface area (Å²) >= 11 is 0. The van der Waals surface area contributed by atoms with Crippen molar-refractivity contribution in [3.05, 3.63) is 23.4 Å². The van der Waals surface area contributed by atoms with Crippen molar-refractivity contribution in [2.24, 2.45) is 0 Å². The molecule has 2 heteroatoms. The molecule has 0 aromatic rings. The number of likely N-dealkylation sites (N-methyl/N-ethyl adjacent to an activating group) is 1. The monoisotopic (exact) mass is 183 g/mol. The zero-order chi connectivity index (χ0) is 10.1. The molecule has 0 spiro atoms. The van der Waals surface area contributed by atoms with Gasteiger partial charge in [-0.2, -0.15) is 0 Å². The number of hydrogen-bond acceptors (Lipinski definition) is 2. The molecule has 0 fully saturated rings. The van der Waals surface area contributed by atoms with Crippen molar-refractivity contribution >= 4 is 0 Å². The van der Waals surface area contributed by atoms with E-state index in [1.165, 1.54) is 11.3 Å². The lowest BCUT2D eigenvalue weighted by molar-refractivity contribution is 0.297. The van der Waals surface area contributed by atoms with E-state index in [1.54, 1.807) is 0 Å². The highest BCUT2D eigenvalue weighted by atomic mass is 16.2. The Morgan fingerprint density at radius 3 is 2.46 bits per heavy atom. The largest absolute Gasteiger partial charge is 0.396 e. The second-order valence-corrected chi connectivity index (χ2v) is 2.87. The van der Waals surface area contributed by atoms with Crippen LogP contribution >= 0.6 is 0 Å². The van der Waals surface area contributed by atoms with Gasteiger partial charge in [0.25, 0.3) is 0 Å². The van der Waals surface area contributed by atoms with E-state index in [1.807, 2.05) is 13.0 Å². The number of aliphatic hydroxyl groups excluding tert-OH is 1. The van der Waals surface area contributed by atoms with Crippen molar-refractivity contribution in [2.45, 2.75) is 33.6 Å². The fourth-order valence-corrected chi connectivity index (χ4v) is 1.30. The predicted octanol–water partition coefficient (Wildman–Crippen LogP) is 2.22. The number of allylic oxidation sites excluding steroid dienone is 2. The third-order valence-corrected chi connectivity index (χ3v) is 1.92. The first-order valence-electron chi connectivity index (χ1n) is 4.99. The van der Waals surface area contributed by atoms with E-state index in [0.717, 1.165) is 19.4 Å². The number of hydrogen-bond donors (Lipinski definition) is 2. The summed E-state index contributed by atoms with van der Waals surface area (Å²) in [5.41, 5.74) is 2.46. The van der Waals surface area contributed by atoms with Gasteiger partial charge >= 0.3 is 0 Å². The molecule has 0 unspecified atom stereocenters. The van der Waals surface area contributed by atoms with Crippen LogP contribution in [-0.4, -0.2) is 18.3 Å². The Morgan fingerprint density at radius 1 is 1.38 bits per heavy atom. The predicted molar refractivity (Wildman–Crippen MR) is 57.5 cm³/mol. The third kappa shape index (κ3) is 4.73. The first-order valence-corrected chi connectivity index (χ1v) is 4.99. The summed E-state index contributed by atoms with van der Waals surface area (Å²) < 4.78 is 0. The van der Waals surface area contributed by atoms with E-state index in [9.17, 15) is 0 Å². The van der Waals surface area contributed by atoms with E-state index >= 15 is 0 Å². The second kappa shape index (κ2) is 7.87. The van der Waals surface area contributed by atoms with Gasteiger partial charge in [0.2, 0.25) is 0 Å². The molecule has 0 atom stereocenters. The van der Waals surface area contributed by atoms with Crippen molar-refractivity contribution in [2.75, 3.05) is 13.2 Å². The van der Waals surface area contributed by atoms with Crippen molar-refractivity contribution in [1.82, 2.24) is 5.32 Å². The normalized spacial score (nSPS) is 13.2. The molecule has 0 aliphatic carbocycles. The van der Waals surface area contributed by atoms with Crippen LogP contribution in [0.25, 0.3) is 0 Å². The molecule has 0 radical (unpaired) electrons. The minimum Gasteiger partial charge on any atom is -0.396 e. The fraction of sp³-hybridized carbons (Fsp3) is 0.636. The first kappa shape index (κ1) is 12.2. The molecule has 13 heavy (non-hydrogen) atoms. The van der Waals surface area contributed by atoms with E-state index in [0.29, 0.717) is 0 Å². The molecule has 0 aromatic carbocycles. The van der Waals surface area contributed by atoms with Crippen LogP contribution in [0.3, 0.4) is 0 Å². The van der Waals surface area contributed by atoms with E-state index in [4.69, 9.17) is 5.11 Å². The van der Waals surface area contributed by atoms with Gasteiger partial charge in [0, 0.05) is 18.8 Å². The summed E-state index contributed by atoms with van der Waals surface area (Å²) in [6.45, 7) is 7.36. The van der Waals surface area contributed by atoms with Crippen LogP contribution in [0.2, 0.25) is 0 Å². The highest BCUT2D eigenvalue weighted by molar-refractivity contribution is 5.23. The van der Waals surface area contributed by atoms with Crippen LogP contribution in [0, 0.1) is 0 Å². The topological polar surface area (TPSA) is 32.3 Å². The summed E-state index contributed by atoms with van der Waals surface area (Å²) in [4.78, 5) is 0. The zero-order valence-corrected chi connectivity index (χ0v) is 8.93.